The Kier molecular flexibility index (Phi) is 6.20. The van der Waals surface area contributed by atoms with Crippen molar-refractivity contribution in [2.75, 3.05) is 12.8 Å². The maximum absolute atomic E-state index is 11.5. The van der Waals surface area contributed by atoms with E-state index in [-0.39, 0.29) is 23.3 Å². The van der Waals surface area contributed by atoms with E-state index < -0.39 is 0 Å². The number of hydrogen-bond acceptors (Lipinski definition) is 3. The lowest BCUT2D eigenvalue weighted by molar-refractivity contribution is -0.128. The molecule has 0 aromatic rings. The number of aliphatic hydroxyl groups is 1. The smallest absolute Gasteiger partial charge is 0.232 e. The summed E-state index contributed by atoms with van der Waals surface area (Å²) in [6, 6.07) is 0.241. The van der Waals surface area contributed by atoms with Crippen LogP contribution in [0.4, 0.5) is 0 Å². The van der Waals surface area contributed by atoms with Crippen molar-refractivity contribution in [3.8, 4) is 0 Å². The third-order valence-electron chi connectivity index (χ3n) is 2.32. The van der Waals surface area contributed by atoms with Gasteiger partial charge in [-0.3, -0.25) is 4.79 Å². The van der Waals surface area contributed by atoms with E-state index in [0.717, 1.165) is 0 Å². The molecule has 0 bridgehead atoms. The molecule has 1 N–H and O–H groups in total. The second-order valence-corrected chi connectivity index (χ2v) is 5.22. The van der Waals surface area contributed by atoms with Crippen LogP contribution in [0.25, 0.3) is 0 Å². The molecule has 0 aromatic carbocycles. The van der Waals surface area contributed by atoms with Gasteiger partial charge in [-0.1, -0.05) is 6.92 Å². The fourth-order valence-electron chi connectivity index (χ4n) is 0.732. The van der Waals surface area contributed by atoms with Crippen LogP contribution in [-0.4, -0.2) is 46.1 Å². The summed E-state index contributed by atoms with van der Waals surface area (Å²) in [5.74, 6) is 0.568. The predicted molar refractivity (Wildman–Crippen MR) is 61.5 cm³/mol. The van der Waals surface area contributed by atoms with Crippen LogP contribution in [0.2, 0.25) is 0 Å². The number of thioether (sulfide) groups is 1. The number of nitrogens with zero attached hydrogens (tertiary/aromatic N) is 1. The van der Waals surface area contributed by atoms with Gasteiger partial charge in [-0.05, 0) is 20.8 Å². The first-order valence-electron chi connectivity index (χ1n) is 4.91. The van der Waals surface area contributed by atoms with Gasteiger partial charge in [-0.2, -0.15) is 0 Å². The highest BCUT2D eigenvalue weighted by Crippen LogP contribution is 2.14. The molecule has 84 valence electrons. The Morgan fingerprint density at radius 2 is 1.86 bits per heavy atom. The topological polar surface area (TPSA) is 40.5 Å². The Balaban J connectivity index is 3.85. The standard InChI is InChI=1S/C10H21NO2S/c1-7(2)11(5)10(13)6-14-9(4)8(3)12/h7-9,12H,6H2,1-5H3. The minimum Gasteiger partial charge on any atom is -0.392 e. The van der Waals surface area contributed by atoms with Crippen LogP contribution in [0.5, 0.6) is 0 Å². The molecule has 2 atom stereocenters. The minimum atomic E-state index is -0.364. The highest BCUT2D eigenvalue weighted by Gasteiger charge is 2.15. The fourth-order valence-corrected chi connectivity index (χ4v) is 1.62. The molecule has 0 heterocycles. The number of carbonyl (C=O) groups is 1. The summed E-state index contributed by atoms with van der Waals surface area (Å²) < 4.78 is 0. The number of aliphatic hydroxyl groups excluding tert-OH is 1. The Morgan fingerprint density at radius 3 is 2.21 bits per heavy atom. The van der Waals surface area contributed by atoms with E-state index in [1.807, 2.05) is 20.8 Å². The van der Waals surface area contributed by atoms with Crippen molar-refractivity contribution in [2.24, 2.45) is 0 Å². The zero-order valence-corrected chi connectivity index (χ0v) is 10.5. The molecular formula is C10H21NO2S. The van der Waals surface area contributed by atoms with E-state index in [1.165, 1.54) is 11.8 Å². The average molecular weight is 219 g/mol. The van der Waals surface area contributed by atoms with Gasteiger partial charge in [0.2, 0.25) is 5.91 Å². The van der Waals surface area contributed by atoms with E-state index in [4.69, 9.17) is 0 Å². The molecule has 0 saturated heterocycles. The summed E-state index contributed by atoms with van der Waals surface area (Å²) in [4.78, 5) is 13.3. The molecule has 3 nitrogen and oxygen atoms in total. The molecule has 0 aliphatic rings. The van der Waals surface area contributed by atoms with Gasteiger partial charge in [0.15, 0.2) is 0 Å². The minimum absolute atomic E-state index is 0.111. The van der Waals surface area contributed by atoms with Crippen molar-refractivity contribution < 1.29 is 9.90 Å². The zero-order chi connectivity index (χ0) is 11.3. The van der Waals surface area contributed by atoms with Gasteiger partial charge < -0.3 is 10.0 Å². The molecule has 2 unspecified atom stereocenters. The number of carbonyl (C=O) groups excluding carboxylic acids is 1. The molecule has 0 saturated carbocycles. The van der Waals surface area contributed by atoms with Crippen LogP contribution in [0, 0.1) is 0 Å². The van der Waals surface area contributed by atoms with Crippen LogP contribution in [0.1, 0.15) is 27.7 Å². The average Bonchev–Trinajstić information content (AvgIpc) is 2.11. The Morgan fingerprint density at radius 1 is 1.36 bits per heavy atom. The maximum atomic E-state index is 11.5. The largest absolute Gasteiger partial charge is 0.392 e. The lowest BCUT2D eigenvalue weighted by atomic mass is 10.3. The highest BCUT2D eigenvalue weighted by molar-refractivity contribution is 8.00. The van der Waals surface area contributed by atoms with Crippen LogP contribution in [-0.2, 0) is 4.79 Å². The first-order chi connectivity index (χ1) is 6.36. The summed E-state index contributed by atoms with van der Waals surface area (Å²) in [5.41, 5.74) is 0. The molecule has 1 amide bonds. The molecule has 4 heteroatoms. The van der Waals surface area contributed by atoms with Gasteiger partial charge >= 0.3 is 0 Å². The SMILES string of the molecule is CC(O)C(C)SCC(=O)N(C)C(C)C. The van der Waals surface area contributed by atoms with Gasteiger partial charge in [0.05, 0.1) is 11.9 Å². The van der Waals surface area contributed by atoms with Crippen molar-refractivity contribution in [2.45, 2.75) is 45.1 Å². The first kappa shape index (κ1) is 13.8. The van der Waals surface area contributed by atoms with Crippen molar-refractivity contribution in [1.82, 2.24) is 4.90 Å². The summed E-state index contributed by atoms with van der Waals surface area (Å²) in [7, 11) is 1.81. The highest BCUT2D eigenvalue weighted by atomic mass is 32.2. The lowest BCUT2D eigenvalue weighted by Gasteiger charge is -2.22. The molecular weight excluding hydrogens is 198 g/mol. The third-order valence-corrected chi connectivity index (χ3v) is 3.65. The quantitative estimate of drug-likeness (QED) is 0.759. The van der Waals surface area contributed by atoms with E-state index in [1.54, 1.807) is 18.9 Å². The molecule has 0 aliphatic heterocycles. The summed E-state index contributed by atoms with van der Waals surface area (Å²) >= 11 is 1.50. The van der Waals surface area contributed by atoms with Gasteiger partial charge in [-0.15, -0.1) is 11.8 Å². The number of amides is 1. The fraction of sp³-hybridized carbons (Fsp3) is 0.900. The third kappa shape index (κ3) is 4.86. The zero-order valence-electron chi connectivity index (χ0n) is 9.65. The van der Waals surface area contributed by atoms with Crippen LogP contribution in [0.3, 0.4) is 0 Å². The van der Waals surface area contributed by atoms with Crippen molar-refractivity contribution in [3.05, 3.63) is 0 Å². The molecule has 0 radical (unpaired) electrons. The van der Waals surface area contributed by atoms with E-state index in [2.05, 4.69) is 0 Å². The number of rotatable bonds is 5. The lowest BCUT2D eigenvalue weighted by Crippen LogP contribution is -2.35. The van der Waals surface area contributed by atoms with E-state index >= 15 is 0 Å². The number of hydrogen-bond donors (Lipinski definition) is 1. The molecule has 0 fully saturated rings. The van der Waals surface area contributed by atoms with Crippen LogP contribution < -0.4 is 0 Å². The van der Waals surface area contributed by atoms with Crippen LogP contribution in [0.15, 0.2) is 0 Å². The summed E-state index contributed by atoms with van der Waals surface area (Å²) in [6.07, 6.45) is -0.364. The molecule has 0 rings (SSSR count). The monoisotopic (exact) mass is 219 g/mol. The van der Waals surface area contributed by atoms with E-state index in [9.17, 15) is 9.90 Å². The summed E-state index contributed by atoms with van der Waals surface area (Å²) in [5, 5.41) is 9.35. The summed E-state index contributed by atoms with van der Waals surface area (Å²) in [6.45, 7) is 7.65. The Hall–Kier alpha value is -0.220. The Bertz CT molecular complexity index is 183. The van der Waals surface area contributed by atoms with Gasteiger partial charge in [-0.25, -0.2) is 0 Å². The van der Waals surface area contributed by atoms with Crippen molar-refractivity contribution in [3.63, 3.8) is 0 Å². The van der Waals surface area contributed by atoms with E-state index in [0.29, 0.717) is 5.75 Å². The molecule has 0 aliphatic carbocycles. The van der Waals surface area contributed by atoms with Gasteiger partial charge in [0.1, 0.15) is 0 Å². The van der Waals surface area contributed by atoms with Crippen molar-refractivity contribution in [1.29, 1.82) is 0 Å². The molecule has 0 aromatic heterocycles. The van der Waals surface area contributed by atoms with Crippen molar-refractivity contribution >= 4 is 17.7 Å². The van der Waals surface area contributed by atoms with Gasteiger partial charge in [0.25, 0.3) is 0 Å². The van der Waals surface area contributed by atoms with Gasteiger partial charge in [0, 0.05) is 18.3 Å². The second kappa shape index (κ2) is 6.30. The predicted octanol–water partition coefficient (Wildman–Crippen LogP) is 1.36. The molecule has 0 spiro atoms. The molecule has 14 heavy (non-hydrogen) atoms. The first-order valence-corrected chi connectivity index (χ1v) is 5.96. The normalized spacial score (nSPS) is 15.4. The van der Waals surface area contributed by atoms with Crippen LogP contribution >= 0.6 is 11.8 Å². The maximum Gasteiger partial charge on any atom is 0.232 e. The second-order valence-electron chi connectivity index (χ2n) is 3.86. The Labute approximate surface area is 90.9 Å².